The molecule has 5 heteroatoms. The Hall–Kier alpha value is -0.180. The van der Waals surface area contributed by atoms with E-state index in [4.69, 9.17) is 9.63 Å². The minimum absolute atomic E-state index is 0.110. The van der Waals surface area contributed by atoms with Crippen molar-refractivity contribution in [1.29, 1.82) is 0 Å². The Labute approximate surface area is 67.4 Å². The Morgan fingerprint density at radius 1 is 1.64 bits per heavy atom. The van der Waals surface area contributed by atoms with Gasteiger partial charge in [-0.2, -0.15) is 0 Å². The first-order valence-corrected chi connectivity index (χ1v) is 4.49. The summed E-state index contributed by atoms with van der Waals surface area (Å²) in [5.74, 6) is -0.775. The van der Waals surface area contributed by atoms with Crippen LogP contribution in [0, 0.1) is 0 Å². The molecule has 0 aromatic heterocycles. The van der Waals surface area contributed by atoms with E-state index in [0.29, 0.717) is 0 Å². The van der Waals surface area contributed by atoms with Gasteiger partial charge in [0, 0.05) is 6.54 Å². The molecule has 1 unspecified atom stereocenters. The van der Waals surface area contributed by atoms with E-state index in [-0.39, 0.29) is 15.5 Å². The van der Waals surface area contributed by atoms with Gasteiger partial charge in [0.1, 0.15) is 6.54 Å². The molecular formula is C6H12NO3P. The summed E-state index contributed by atoms with van der Waals surface area (Å²) >= 11 is 0. The van der Waals surface area contributed by atoms with Crippen molar-refractivity contribution in [3.63, 3.8) is 0 Å². The van der Waals surface area contributed by atoms with Crippen LogP contribution in [0.3, 0.4) is 0 Å². The lowest BCUT2D eigenvalue weighted by molar-refractivity contribution is -0.137. The molecule has 1 aliphatic rings. The maximum Gasteiger partial charge on any atom is 0.318 e. The fourth-order valence-corrected chi connectivity index (χ4v) is 1.80. The van der Waals surface area contributed by atoms with E-state index in [1.165, 1.54) is 0 Å². The Balaban J connectivity index is 2.25. The molecule has 4 nitrogen and oxygen atoms in total. The lowest BCUT2D eigenvalue weighted by Crippen LogP contribution is -2.22. The highest BCUT2D eigenvalue weighted by molar-refractivity contribution is 7.29. The zero-order chi connectivity index (χ0) is 8.10. The van der Waals surface area contributed by atoms with E-state index < -0.39 is 5.97 Å². The van der Waals surface area contributed by atoms with Gasteiger partial charge in [-0.1, -0.05) is 0 Å². The second-order valence-corrected chi connectivity index (χ2v) is 3.57. The number of hydrogen-bond donors (Lipinski definition) is 1. The smallest absolute Gasteiger partial charge is 0.318 e. The Bertz CT molecular complexity index is 134. The van der Waals surface area contributed by atoms with Crippen LogP contribution in [0.2, 0.25) is 0 Å². The number of hydrogen-bond acceptors (Lipinski definition) is 3. The van der Waals surface area contributed by atoms with E-state index in [9.17, 15) is 4.79 Å². The van der Waals surface area contributed by atoms with Gasteiger partial charge in [-0.15, -0.1) is 0 Å². The molecule has 0 amide bonds. The highest BCUT2D eigenvalue weighted by atomic mass is 31.1. The summed E-state index contributed by atoms with van der Waals surface area (Å²) in [6, 6.07) is 0. The maximum absolute atomic E-state index is 10.3. The normalized spacial score (nSPS) is 23.3. The van der Waals surface area contributed by atoms with Crippen LogP contribution >= 0.6 is 8.96 Å². The molecule has 0 aromatic rings. The zero-order valence-electron chi connectivity index (χ0n) is 6.25. The molecular weight excluding hydrogens is 165 g/mol. The van der Waals surface area contributed by atoms with Crippen LogP contribution in [0.5, 0.6) is 0 Å². The van der Waals surface area contributed by atoms with Crippen molar-refractivity contribution in [2.45, 2.75) is 12.8 Å². The van der Waals surface area contributed by atoms with Gasteiger partial charge in [0.2, 0.25) is 0 Å². The maximum atomic E-state index is 10.3. The number of carboxylic acid groups (broad SMARTS) is 1. The van der Waals surface area contributed by atoms with Gasteiger partial charge in [0.05, 0.1) is 15.6 Å². The zero-order valence-corrected chi connectivity index (χ0v) is 7.25. The first-order chi connectivity index (χ1) is 5.29. The molecule has 11 heavy (non-hydrogen) atoms. The molecule has 0 aromatic carbocycles. The van der Waals surface area contributed by atoms with Crippen molar-refractivity contribution in [3.05, 3.63) is 0 Å². The Morgan fingerprint density at radius 2 is 2.45 bits per heavy atom. The third kappa shape index (κ3) is 3.65. The van der Waals surface area contributed by atoms with Gasteiger partial charge in [-0.05, 0) is 12.8 Å². The average Bonchev–Trinajstić information content (AvgIpc) is 2.14. The summed E-state index contributed by atoms with van der Waals surface area (Å²) in [6.07, 6.45) is 2.09. The molecule has 0 saturated carbocycles. The molecule has 0 spiro atoms. The molecule has 1 aliphatic heterocycles. The molecule has 1 saturated heterocycles. The summed E-state index contributed by atoms with van der Waals surface area (Å²) < 4.78 is 7.03. The van der Waals surface area contributed by atoms with Crippen LogP contribution in [0.25, 0.3) is 0 Å². The quantitative estimate of drug-likeness (QED) is 0.630. The number of carboxylic acids is 1. The molecule has 64 valence electrons. The van der Waals surface area contributed by atoms with E-state index in [1.807, 2.05) is 4.67 Å². The molecule has 1 atom stereocenters. The molecule has 1 fully saturated rings. The largest absolute Gasteiger partial charge is 0.480 e. The topological polar surface area (TPSA) is 49.8 Å². The van der Waals surface area contributed by atoms with Crippen LogP contribution in [-0.2, 0) is 9.32 Å². The highest BCUT2D eigenvalue weighted by Crippen LogP contribution is 2.23. The van der Waals surface area contributed by atoms with Crippen molar-refractivity contribution in [2.24, 2.45) is 0 Å². The monoisotopic (exact) mass is 177 g/mol. The second-order valence-electron chi connectivity index (χ2n) is 2.46. The van der Waals surface area contributed by atoms with Gasteiger partial charge in [-0.3, -0.25) is 9.46 Å². The predicted molar refractivity (Wildman–Crippen MR) is 42.7 cm³/mol. The molecule has 0 bridgehead atoms. The first kappa shape index (κ1) is 8.91. The summed E-state index contributed by atoms with van der Waals surface area (Å²) in [5.41, 5.74) is 0. The van der Waals surface area contributed by atoms with Gasteiger partial charge in [0.25, 0.3) is 0 Å². The summed E-state index contributed by atoms with van der Waals surface area (Å²) in [5, 5.41) is 8.46. The molecule has 0 aliphatic carbocycles. The van der Waals surface area contributed by atoms with E-state index in [2.05, 4.69) is 0 Å². The second kappa shape index (κ2) is 4.65. The lowest BCUT2D eigenvalue weighted by Gasteiger charge is -2.14. The number of aliphatic carboxylic acids is 1. The van der Waals surface area contributed by atoms with Crippen LogP contribution in [-0.4, -0.2) is 35.4 Å². The SMILES string of the molecule is O=C(O)CN1CCCCOP1. The molecule has 1 rings (SSSR count). The Kier molecular flexibility index (Phi) is 3.77. The van der Waals surface area contributed by atoms with Crippen molar-refractivity contribution < 1.29 is 14.4 Å². The highest BCUT2D eigenvalue weighted by Gasteiger charge is 2.11. The third-order valence-corrected chi connectivity index (χ3v) is 2.42. The van der Waals surface area contributed by atoms with Crippen LogP contribution in [0.15, 0.2) is 0 Å². The van der Waals surface area contributed by atoms with Gasteiger partial charge < -0.3 is 9.63 Å². The average molecular weight is 177 g/mol. The molecule has 1 N–H and O–H groups in total. The molecule has 1 heterocycles. The summed E-state index contributed by atoms with van der Waals surface area (Å²) in [7, 11) is 0.231. The fraction of sp³-hybridized carbons (Fsp3) is 0.833. The fourth-order valence-electron chi connectivity index (χ4n) is 0.934. The minimum Gasteiger partial charge on any atom is -0.480 e. The standard InChI is InChI=1S/C6H12NO3P/c8-6(9)5-7-3-1-2-4-10-11-7/h11H,1-5H2,(H,8,9). The lowest BCUT2D eigenvalue weighted by atomic mass is 10.3. The van der Waals surface area contributed by atoms with Crippen LogP contribution in [0.4, 0.5) is 0 Å². The van der Waals surface area contributed by atoms with Crippen LogP contribution in [0.1, 0.15) is 12.8 Å². The summed E-state index contributed by atoms with van der Waals surface area (Å²) in [4.78, 5) is 10.3. The number of rotatable bonds is 2. The van der Waals surface area contributed by atoms with Gasteiger partial charge in [0.15, 0.2) is 0 Å². The van der Waals surface area contributed by atoms with Gasteiger partial charge in [-0.25, -0.2) is 0 Å². The molecule has 0 radical (unpaired) electrons. The minimum atomic E-state index is -0.775. The van der Waals surface area contributed by atoms with Crippen molar-refractivity contribution in [3.8, 4) is 0 Å². The van der Waals surface area contributed by atoms with E-state index in [1.54, 1.807) is 0 Å². The van der Waals surface area contributed by atoms with Crippen molar-refractivity contribution in [1.82, 2.24) is 4.67 Å². The van der Waals surface area contributed by atoms with Crippen molar-refractivity contribution >= 4 is 14.9 Å². The summed E-state index contributed by atoms with van der Waals surface area (Å²) in [6.45, 7) is 1.73. The van der Waals surface area contributed by atoms with Gasteiger partial charge >= 0.3 is 5.97 Å². The number of nitrogens with zero attached hydrogens (tertiary/aromatic N) is 1. The predicted octanol–water partition coefficient (Wildman–Crippen LogP) is 0.692. The third-order valence-electron chi connectivity index (χ3n) is 1.44. The Morgan fingerprint density at radius 3 is 3.18 bits per heavy atom. The van der Waals surface area contributed by atoms with Crippen LogP contribution < -0.4 is 0 Å². The van der Waals surface area contributed by atoms with E-state index in [0.717, 1.165) is 26.0 Å². The number of carbonyl (C=O) groups is 1. The van der Waals surface area contributed by atoms with E-state index >= 15 is 0 Å². The van der Waals surface area contributed by atoms with Crippen molar-refractivity contribution in [2.75, 3.05) is 19.7 Å². The first-order valence-electron chi connectivity index (χ1n) is 3.63.